The highest BCUT2D eigenvalue weighted by molar-refractivity contribution is 7.09. The van der Waals surface area contributed by atoms with Crippen LogP contribution in [0, 0.1) is 0 Å². The fourth-order valence-corrected chi connectivity index (χ4v) is 3.90. The number of pyridine rings is 1. The van der Waals surface area contributed by atoms with Crippen molar-refractivity contribution in [2.24, 2.45) is 0 Å². The second-order valence-electron chi connectivity index (χ2n) is 6.47. The van der Waals surface area contributed by atoms with Gasteiger partial charge in [0.1, 0.15) is 16.4 Å². The third kappa shape index (κ3) is 2.90. The highest BCUT2D eigenvalue weighted by Crippen LogP contribution is 2.39. The van der Waals surface area contributed by atoms with E-state index in [1.165, 1.54) is 11.5 Å². The van der Waals surface area contributed by atoms with Crippen LogP contribution in [0.5, 0.6) is 5.75 Å². The molecule has 0 saturated heterocycles. The van der Waals surface area contributed by atoms with E-state index in [-0.39, 0.29) is 11.4 Å². The number of aromatic nitrogens is 3. The molecule has 3 aromatic rings. The number of fused-ring (bicyclic) bond motifs is 1. The summed E-state index contributed by atoms with van der Waals surface area (Å²) in [5, 5.41) is 0.810. The Morgan fingerprint density at radius 1 is 1.19 bits per heavy atom. The molecular formula is C20H19N3O2S. The summed E-state index contributed by atoms with van der Waals surface area (Å²) in [5.41, 5.74) is 2.01. The Kier molecular flexibility index (Phi) is 4.28. The Morgan fingerprint density at radius 3 is 2.77 bits per heavy atom. The molecule has 0 unspecified atom stereocenters. The summed E-state index contributed by atoms with van der Waals surface area (Å²) in [5.74, 6) is 1.41. The van der Waals surface area contributed by atoms with E-state index in [0.717, 1.165) is 29.0 Å². The minimum absolute atomic E-state index is 0.125. The highest BCUT2D eigenvalue weighted by Gasteiger charge is 2.37. The van der Waals surface area contributed by atoms with Gasteiger partial charge >= 0.3 is 0 Å². The lowest BCUT2D eigenvalue weighted by atomic mass is 9.85. The average molecular weight is 365 g/mol. The second-order valence-corrected chi connectivity index (χ2v) is 7.22. The third-order valence-corrected chi connectivity index (χ3v) is 5.73. The monoisotopic (exact) mass is 365 g/mol. The molecule has 1 aromatic carbocycles. The summed E-state index contributed by atoms with van der Waals surface area (Å²) >= 11 is 1.33. The fourth-order valence-electron chi connectivity index (χ4n) is 3.22. The number of carbonyl (C=O) groups is 1. The maximum Gasteiger partial charge on any atom is 0.173 e. The number of Topliss-reactive ketones (excluding diaryl/α,β-unsaturated/α-hetero) is 1. The van der Waals surface area contributed by atoms with Crippen molar-refractivity contribution in [1.29, 1.82) is 0 Å². The van der Waals surface area contributed by atoms with Crippen molar-refractivity contribution in [1.82, 2.24) is 14.3 Å². The number of carbonyl (C=O) groups excluding carboxylic acids is 1. The molecule has 5 nitrogen and oxygen atoms in total. The zero-order chi connectivity index (χ0) is 18.1. The molecule has 132 valence electrons. The third-order valence-electron chi connectivity index (χ3n) is 4.97. The van der Waals surface area contributed by atoms with E-state index in [1.807, 2.05) is 30.3 Å². The molecule has 3 heterocycles. The van der Waals surface area contributed by atoms with Crippen LogP contribution < -0.4 is 4.74 Å². The van der Waals surface area contributed by atoms with E-state index >= 15 is 0 Å². The van der Waals surface area contributed by atoms with Gasteiger partial charge in [-0.15, -0.1) is 0 Å². The first-order valence-corrected chi connectivity index (χ1v) is 9.52. The molecule has 0 bridgehead atoms. The topological polar surface area (TPSA) is 65.0 Å². The van der Waals surface area contributed by atoms with Crippen molar-refractivity contribution in [3.63, 3.8) is 0 Å². The van der Waals surface area contributed by atoms with Gasteiger partial charge in [0.05, 0.1) is 12.0 Å². The smallest absolute Gasteiger partial charge is 0.173 e. The average Bonchev–Trinajstić information content (AvgIpc) is 3.18. The van der Waals surface area contributed by atoms with Gasteiger partial charge in [-0.25, -0.2) is 4.98 Å². The van der Waals surface area contributed by atoms with Crippen LogP contribution >= 0.6 is 11.5 Å². The van der Waals surface area contributed by atoms with Gasteiger partial charge in [-0.2, -0.15) is 4.37 Å². The standard InChI is InChI=1S/C20H19N3O2S/c1-3-20(4-2)11-16(24)15-10-13(7-8-17(15)25-20)18-22-19(26-23-18)14-6-5-9-21-12-14/h5-10,12H,3-4,11H2,1-2H3. The van der Waals surface area contributed by atoms with E-state index in [1.54, 1.807) is 12.4 Å². The van der Waals surface area contributed by atoms with E-state index in [2.05, 4.69) is 28.2 Å². The van der Waals surface area contributed by atoms with Crippen LogP contribution in [0.3, 0.4) is 0 Å². The van der Waals surface area contributed by atoms with Crippen molar-refractivity contribution in [2.45, 2.75) is 38.7 Å². The first-order valence-electron chi connectivity index (χ1n) is 8.75. The van der Waals surface area contributed by atoms with Gasteiger partial charge in [-0.3, -0.25) is 9.78 Å². The van der Waals surface area contributed by atoms with Crippen LogP contribution in [0.1, 0.15) is 43.5 Å². The normalized spacial score (nSPS) is 15.4. The van der Waals surface area contributed by atoms with Crippen LogP contribution in [-0.4, -0.2) is 25.7 Å². The lowest BCUT2D eigenvalue weighted by Crippen LogP contribution is -2.40. The molecular weight excluding hydrogens is 346 g/mol. The molecule has 0 spiro atoms. The molecule has 0 fully saturated rings. The van der Waals surface area contributed by atoms with Gasteiger partial charge in [-0.1, -0.05) is 13.8 Å². The van der Waals surface area contributed by atoms with Crippen molar-refractivity contribution in [3.05, 3.63) is 48.3 Å². The first kappa shape index (κ1) is 16.8. The van der Waals surface area contributed by atoms with Crippen LogP contribution in [-0.2, 0) is 0 Å². The molecule has 1 aliphatic rings. The predicted octanol–water partition coefficient (Wildman–Crippen LogP) is 4.79. The van der Waals surface area contributed by atoms with E-state index < -0.39 is 0 Å². The van der Waals surface area contributed by atoms with Gasteiger partial charge in [-0.05, 0) is 54.7 Å². The van der Waals surface area contributed by atoms with Crippen LogP contribution in [0.15, 0.2) is 42.7 Å². The second kappa shape index (κ2) is 6.61. The molecule has 0 atom stereocenters. The molecule has 0 saturated carbocycles. The summed E-state index contributed by atoms with van der Waals surface area (Å²) in [6.07, 6.45) is 5.55. The maximum atomic E-state index is 12.7. The van der Waals surface area contributed by atoms with Gasteiger partial charge in [0, 0.05) is 23.5 Å². The lowest BCUT2D eigenvalue weighted by molar-refractivity contribution is 0.0350. The van der Waals surface area contributed by atoms with E-state index in [4.69, 9.17) is 4.74 Å². The Labute approximate surface area is 156 Å². The fraction of sp³-hybridized carbons (Fsp3) is 0.300. The zero-order valence-electron chi connectivity index (χ0n) is 14.7. The minimum Gasteiger partial charge on any atom is -0.486 e. The van der Waals surface area contributed by atoms with Gasteiger partial charge in [0.2, 0.25) is 0 Å². The molecule has 1 aliphatic heterocycles. The Morgan fingerprint density at radius 2 is 2.04 bits per heavy atom. The highest BCUT2D eigenvalue weighted by atomic mass is 32.1. The van der Waals surface area contributed by atoms with Crippen LogP contribution in [0.4, 0.5) is 0 Å². The zero-order valence-corrected chi connectivity index (χ0v) is 15.5. The molecule has 26 heavy (non-hydrogen) atoms. The number of hydrogen-bond acceptors (Lipinski definition) is 6. The molecule has 0 amide bonds. The number of benzene rings is 1. The number of hydrogen-bond donors (Lipinski definition) is 0. The lowest BCUT2D eigenvalue weighted by Gasteiger charge is -2.36. The van der Waals surface area contributed by atoms with Crippen molar-refractivity contribution in [2.75, 3.05) is 0 Å². The predicted molar refractivity (Wildman–Crippen MR) is 101 cm³/mol. The summed E-state index contributed by atoms with van der Waals surface area (Å²) < 4.78 is 10.6. The first-order chi connectivity index (χ1) is 12.6. The number of nitrogens with zero attached hydrogens (tertiary/aromatic N) is 3. The maximum absolute atomic E-state index is 12.7. The summed E-state index contributed by atoms with van der Waals surface area (Å²) in [6.45, 7) is 4.13. The molecule has 6 heteroatoms. The van der Waals surface area contributed by atoms with Gasteiger partial charge in [0.15, 0.2) is 11.6 Å². The summed E-state index contributed by atoms with van der Waals surface area (Å²) in [7, 11) is 0. The molecule has 0 radical (unpaired) electrons. The molecule has 0 N–H and O–H groups in total. The van der Waals surface area contributed by atoms with Crippen LogP contribution in [0.25, 0.3) is 22.0 Å². The largest absolute Gasteiger partial charge is 0.486 e. The van der Waals surface area contributed by atoms with E-state index in [9.17, 15) is 4.79 Å². The summed E-state index contributed by atoms with van der Waals surface area (Å²) in [6, 6.07) is 9.47. The number of rotatable bonds is 4. The van der Waals surface area contributed by atoms with Gasteiger partial charge < -0.3 is 4.74 Å². The molecule has 0 aliphatic carbocycles. The van der Waals surface area contributed by atoms with Crippen molar-refractivity contribution < 1.29 is 9.53 Å². The SMILES string of the molecule is CCC1(CC)CC(=O)c2cc(-c3nsc(-c4cccnc4)n3)ccc2O1. The Hall–Kier alpha value is -2.60. The Balaban J connectivity index is 1.68. The number of ketones is 1. The Bertz CT molecular complexity index is 949. The van der Waals surface area contributed by atoms with E-state index in [0.29, 0.717) is 23.6 Å². The van der Waals surface area contributed by atoms with Crippen molar-refractivity contribution in [3.8, 4) is 27.7 Å². The molecule has 2 aromatic heterocycles. The van der Waals surface area contributed by atoms with Gasteiger partial charge in [0.25, 0.3) is 0 Å². The minimum atomic E-state index is -0.377. The van der Waals surface area contributed by atoms with Crippen molar-refractivity contribution >= 4 is 17.3 Å². The summed E-state index contributed by atoms with van der Waals surface area (Å²) in [4.78, 5) is 21.4. The molecule has 4 rings (SSSR count). The van der Waals surface area contributed by atoms with Crippen LogP contribution in [0.2, 0.25) is 0 Å². The number of ether oxygens (including phenoxy) is 1. The quantitative estimate of drug-likeness (QED) is 0.665.